The molecule has 1 nitrogen and oxygen atoms in total. The van der Waals surface area contributed by atoms with E-state index in [4.69, 9.17) is 0 Å². The van der Waals surface area contributed by atoms with Crippen LogP contribution in [0.3, 0.4) is 0 Å². The van der Waals surface area contributed by atoms with Crippen molar-refractivity contribution in [3.63, 3.8) is 0 Å². The van der Waals surface area contributed by atoms with Crippen LogP contribution in [0, 0.1) is 6.08 Å². The summed E-state index contributed by atoms with van der Waals surface area (Å²) in [5, 5.41) is 8.71. The third-order valence-electron chi connectivity index (χ3n) is 4.30. The normalized spacial score (nSPS) is 11.0. The zero-order chi connectivity index (χ0) is 16.9. The van der Waals surface area contributed by atoms with Gasteiger partial charge in [-0.05, 0) is 17.8 Å². The first kappa shape index (κ1) is 24.3. The molecule has 0 bridgehead atoms. The molecule has 4 aromatic rings. The standard InChI is InChI=1S/C19H14N.C5H5.2ClH.Zr/c1-2-8-15(9-3-1)20-19-12-6-11-17-16-10-5-4-7-14(16)13-18(17)19;1-2-4-5-3-1;;;/h1-13,20H;1-3H,4H2;2*1H;/q2*-1;;;+4/p-2. The van der Waals surface area contributed by atoms with Crippen LogP contribution in [0.15, 0.2) is 97.1 Å². The van der Waals surface area contributed by atoms with Crippen LogP contribution < -0.4 is 30.1 Å². The van der Waals surface area contributed by atoms with E-state index in [2.05, 4.69) is 78.1 Å². The Morgan fingerprint density at radius 3 is 2.18 bits per heavy atom. The summed E-state index contributed by atoms with van der Waals surface area (Å²) in [6.07, 6.45) is 10.0. The number of halogens is 2. The summed E-state index contributed by atoms with van der Waals surface area (Å²) >= 11 is 0. The first-order chi connectivity index (χ1) is 12.4. The number of nitrogens with one attached hydrogen (secondary N) is 1. The van der Waals surface area contributed by atoms with Gasteiger partial charge in [0.05, 0.1) is 0 Å². The molecule has 0 heterocycles. The molecule has 0 spiro atoms. The Balaban J connectivity index is 0.000000433. The number of anilines is 2. The van der Waals surface area contributed by atoms with Gasteiger partial charge in [0.1, 0.15) is 0 Å². The van der Waals surface area contributed by atoms with Crippen LogP contribution in [0.4, 0.5) is 11.4 Å². The smallest absolute Gasteiger partial charge is 1.00 e. The minimum Gasteiger partial charge on any atom is -1.00 e. The van der Waals surface area contributed by atoms with E-state index in [0.717, 1.165) is 17.8 Å². The molecular formula is C24H19Cl2NZr. The molecule has 5 rings (SSSR count). The molecule has 1 N–H and O–H groups in total. The predicted octanol–water partition coefficient (Wildman–Crippen LogP) is 0.767. The average Bonchev–Trinajstić information content (AvgIpc) is 3.35. The Kier molecular flexibility index (Phi) is 10.4. The summed E-state index contributed by atoms with van der Waals surface area (Å²) in [7, 11) is 0. The summed E-state index contributed by atoms with van der Waals surface area (Å²) in [6.45, 7) is 0. The van der Waals surface area contributed by atoms with Crippen molar-refractivity contribution in [2.75, 3.05) is 5.32 Å². The van der Waals surface area contributed by atoms with Crippen molar-refractivity contribution in [2.24, 2.45) is 0 Å². The van der Waals surface area contributed by atoms with Gasteiger partial charge in [-0.25, -0.2) is 12.2 Å². The van der Waals surface area contributed by atoms with Crippen molar-refractivity contribution >= 4 is 32.9 Å². The molecule has 4 aromatic carbocycles. The molecule has 0 saturated carbocycles. The second-order valence-electron chi connectivity index (χ2n) is 5.99. The molecule has 4 heteroatoms. The van der Waals surface area contributed by atoms with Crippen molar-refractivity contribution in [1.82, 2.24) is 0 Å². The fourth-order valence-electron chi connectivity index (χ4n) is 3.11. The first-order valence-corrected chi connectivity index (χ1v) is 8.53. The molecule has 0 saturated heterocycles. The van der Waals surface area contributed by atoms with Gasteiger partial charge < -0.3 is 30.1 Å². The van der Waals surface area contributed by atoms with Crippen molar-refractivity contribution in [1.29, 1.82) is 0 Å². The van der Waals surface area contributed by atoms with Crippen LogP contribution in [0.25, 0.3) is 21.5 Å². The summed E-state index contributed by atoms with van der Waals surface area (Å²) < 4.78 is 0. The molecule has 0 radical (unpaired) electrons. The van der Waals surface area contributed by atoms with E-state index in [9.17, 15) is 0 Å². The average molecular weight is 484 g/mol. The van der Waals surface area contributed by atoms with Gasteiger partial charge in [-0.15, -0.1) is 40.1 Å². The van der Waals surface area contributed by atoms with Gasteiger partial charge in [-0.1, -0.05) is 54.6 Å². The second kappa shape index (κ2) is 12.0. The molecule has 28 heavy (non-hydrogen) atoms. The zero-order valence-electron chi connectivity index (χ0n) is 15.2. The molecule has 0 aromatic heterocycles. The summed E-state index contributed by atoms with van der Waals surface area (Å²) in [5.41, 5.74) is 2.27. The van der Waals surface area contributed by atoms with Gasteiger partial charge >= 0.3 is 26.2 Å². The molecule has 138 valence electrons. The van der Waals surface area contributed by atoms with E-state index < -0.39 is 0 Å². The predicted molar refractivity (Wildman–Crippen MR) is 108 cm³/mol. The minimum atomic E-state index is 0. The van der Waals surface area contributed by atoms with Crippen molar-refractivity contribution in [3.05, 3.63) is 103 Å². The van der Waals surface area contributed by atoms with Crippen molar-refractivity contribution in [3.8, 4) is 0 Å². The van der Waals surface area contributed by atoms with E-state index in [1.165, 1.54) is 21.5 Å². The number of benzene rings is 3. The molecule has 0 unspecified atom stereocenters. The van der Waals surface area contributed by atoms with Crippen LogP contribution in [-0.2, 0) is 26.2 Å². The maximum Gasteiger partial charge on any atom is 4.00 e. The Morgan fingerprint density at radius 2 is 1.50 bits per heavy atom. The maximum absolute atomic E-state index is 3.51. The number of allylic oxidation sites excluding steroid dienone is 4. The van der Waals surface area contributed by atoms with Gasteiger partial charge in [0.25, 0.3) is 0 Å². The third kappa shape index (κ3) is 5.64. The van der Waals surface area contributed by atoms with E-state index in [-0.39, 0.29) is 51.0 Å². The number of hydrogen-bond acceptors (Lipinski definition) is 1. The number of hydrogen-bond donors (Lipinski definition) is 1. The van der Waals surface area contributed by atoms with E-state index in [0.29, 0.717) is 0 Å². The minimum absolute atomic E-state index is 0. The number of para-hydroxylation sites is 1. The molecule has 1 aliphatic carbocycles. The molecular weight excluding hydrogens is 464 g/mol. The first-order valence-electron chi connectivity index (χ1n) is 8.53. The van der Waals surface area contributed by atoms with E-state index in [1.54, 1.807) is 0 Å². The van der Waals surface area contributed by atoms with Crippen LogP contribution >= 0.6 is 0 Å². The number of rotatable bonds is 2. The monoisotopic (exact) mass is 481 g/mol. The Labute approximate surface area is 197 Å². The van der Waals surface area contributed by atoms with Crippen LogP contribution in [0.2, 0.25) is 0 Å². The largest absolute Gasteiger partial charge is 4.00 e. The SMILES string of the molecule is [C-]1=CC=CC1.[Cl-].[Cl-].[Zr+4].c1ccc(Nc2cccc3c2[cH-]c2ccccc23)cc1. The second-order valence-corrected chi connectivity index (χ2v) is 5.99. The van der Waals surface area contributed by atoms with Gasteiger partial charge in [0.15, 0.2) is 0 Å². The molecule has 0 fully saturated rings. The molecule has 0 aliphatic heterocycles. The van der Waals surface area contributed by atoms with Crippen molar-refractivity contribution in [2.45, 2.75) is 6.42 Å². The van der Waals surface area contributed by atoms with Gasteiger partial charge in [0.2, 0.25) is 0 Å². The maximum atomic E-state index is 3.51. The van der Waals surface area contributed by atoms with E-state index >= 15 is 0 Å². The van der Waals surface area contributed by atoms with Crippen molar-refractivity contribution < 1.29 is 51.0 Å². The molecule has 0 atom stereocenters. The van der Waals surface area contributed by atoms with Crippen LogP contribution in [-0.4, -0.2) is 0 Å². The molecule has 1 aliphatic rings. The molecule has 0 amide bonds. The van der Waals surface area contributed by atoms with Gasteiger partial charge in [-0.2, -0.15) is 6.08 Å². The van der Waals surface area contributed by atoms with Crippen LogP contribution in [0.1, 0.15) is 6.42 Å². The quantitative estimate of drug-likeness (QED) is 0.416. The zero-order valence-corrected chi connectivity index (χ0v) is 19.2. The Hall–Kier alpha value is -1.73. The Morgan fingerprint density at radius 1 is 0.786 bits per heavy atom. The third-order valence-corrected chi connectivity index (χ3v) is 4.30. The topological polar surface area (TPSA) is 12.0 Å². The fourth-order valence-corrected chi connectivity index (χ4v) is 3.11. The fraction of sp³-hybridized carbons (Fsp3) is 0.0417. The van der Waals surface area contributed by atoms with E-state index in [1.807, 2.05) is 30.4 Å². The van der Waals surface area contributed by atoms with Crippen LogP contribution in [0.5, 0.6) is 0 Å². The summed E-state index contributed by atoms with van der Waals surface area (Å²) in [5.74, 6) is 0. The summed E-state index contributed by atoms with van der Waals surface area (Å²) in [6, 6.07) is 27.5. The Bertz CT molecular complexity index is 1040. The van der Waals surface area contributed by atoms with Gasteiger partial charge in [0, 0.05) is 5.69 Å². The number of fused-ring (bicyclic) bond motifs is 3. The summed E-state index contributed by atoms with van der Waals surface area (Å²) in [4.78, 5) is 0. The van der Waals surface area contributed by atoms with Gasteiger partial charge in [-0.3, -0.25) is 6.08 Å².